The first-order valence-corrected chi connectivity index (χ1v) is 14.2. The van der Waals surface area contributed by atoms with E-state index in [0.29, 0.717) is 27.4 Å². The number of esters is 1. The van der Waals surface area contributed by atoms with Gasteiger partial charge in [-0.05, 0) is 69.2 Å². The molecule has 1 aromatic carbocycles. The molecule has 7 nitrogen and oxygen atoms in total. The van der Waals surface area contributed by atoms with Crippen LogP contribution in [0.3, 0.4) is 0 Å². The van der Waals surface area contributed by atoms with Gasteiger partial charge in [0.25, 0.3) is 0 Å². The van der Waals surface area contributed by atoms with E-state index in [9.17, 15) is 14.4 Å². The topological polar surface area (TPSA) is 87.0 Å². The molecule has 3 aromatic heterocycles. The van der Waals surface area contributed by atoms with E-state index in [2.05, 4.69) is 4.98 Å². The van der Waals surface area contributed by atoms with Crippen LogP contribution in [0.2, 0.25) is 10.0 Å². The fraction of sp³-hybridized carbons (Fsp3) is 0.333. The van der Waals surface area contributed by atoms with Gasteiger partial charge < -0.3 is 13.9 Å². The number of aromatic nitrogens is 2. The molecule has 4 rings (SSSR count). The highest BCUT2D eigenvalue weighted by Crippen LogP contribution is 2.38. The standard InChI is InChI=1S/C33H34Cl2N2O5/c1-19-9-8-10-21(36-19)18-42-22-13-14-37-26(16-22)27(30(39)32(2,3)4)24(17-33(5,6)31(40)41-7)28(37)29(38)23-12-11-20(34)15-25(23)35/h8-16H,17-18H2,1-7H3. The van der Waals surface area contributed by atoms with Gasteiger partial charge in [0.05, 0.1) is 34.5 Å². The Morgan fingerprint density at radius 2 is 1.69 bits per heavy atom. The molecule has 0 atom stereocenters. The van der Waals surface area contributed by atoms with Gasteiger partial charge in [-0.1, -0.05) is 50.0 Å². The summed E-state index contributed by atoms with van der Waals surface area (Å²) in [5, 5.41) is 0.562. The van der Waals surface area contributed by atoms with Crippen LogP contribution in [0.15, 0.2) is 54.7 Å². The summed E-state index contributed by atoms with van der Waals surface area (Å²) in [6.45, 7) is 11.0. The minimum absolute atomic E-state index is 0.0637. The first kappa shape index (κ1) is 31.3. The SMILES string of the molecule is COC(=O)C(C)(C)Cc1c(C(=O)C(C)(C)C)c2cc(OCc3cccc(C)n3)ccn2c1C(=O)c1ccc(Cl)cc1Cl. The van der Waals surface area contributed by atoms with Gasteiger partial charge in [0.15, 0.2) is 5.78 Å². The van der Waals surface area contributed by atoms with Crippen molar-refractivity contribution in [2.75, 3.05) is 7.11 Å². The van der Waals surface area contributed by atoms with Crippen molar-refractivity contribution in [1.29, 1.82) is 0 Å². The summed E-state index contributed by atoms with van der Waals surface area (Å²) in [6, 6.07) is 13.8. The molecule has 0 aliphatic rings. The molecule has 0 unspecified atom stereocenters. The van der Waals surface area contributed by atoms with Gasteiger partial charge in [-0.3, -0.25) is 19.4 Å². The van der Waals surface area contributed by atoms with Crippen LogP contribution in [0.25, 0.3) is 5.52 Å². The van der Waals surface area contributed by atoms with E-state index >= 15 is 0 Å². The number of Topliss-reactive ketones (excluding diaryl/α,β-unsaturated/α-hetero) is 1. The second kappa shape index (κ2) is 11.9. The van der Waals surface area contributed by atoms with Crippen molar-refractivity contribution < 1.29 is 23.9 Å². The van der Waals surface area contributed by atoms with E-state index in [0.717, 1.165) is 11.4 Å². The van der Waals surface area contributed by atoms with Gasteiger partial charge in [-0.2, -0.15) is 0 Å². The number of ether oxygens (including phenoxy) is 2. The lowest BCUT2D eigenvalue weighted by molar-refractivity contribution is -0.150. The number of aryl methyl sites for hydroxylation is 1. The highest BCUT2D eigenvalue weighted by Gasteiger charge is 2.38. The number of nitrogens with zero attached hydrogens (tertiary/aromatic N) is 2. The highest BCUT2D eigenvalue weighted by molar-refractivity contribution is 6.37. The molecule has 0 saturated heterocycles. The van der Waals surface area contributed by atoms with Crippen molar-refractivity contribution in [1.82, 2.24) is 9.38 Å². The lowest BCUT2D eigenvalue weighted by Gasteiger charge is -2.24. The Balaban J connectivity index is 1.98. The first-order chi connectivity index (χ1) is 19.6. The fourth-order valence-corrected chi connectivity index (χ4v) is 5.35. The molecular weight excluding hydrogens is 575 g/mol. The minimum atomic E-state index is -1.05. The molecule has 0 amide bonds. The molecule has 0 aliphatic heterocycles. The van der Waals surface area contributed by atoms with Gasteiger partial charge in [0.1, 0.15) is 12.4 Å². The fourth-order valence-electron chi connectivity index (χ4n) is 4.85. The van der Waals surface area contributed by atoms with Crippen molar-refractivity contribution in [2.45, 2.75) is 54.6 Å². The second-order valence-electron chi connectivity index (χ2n) is 12.0. The maximum Gasteiger partial charge on any atom is 0.311 e. The summed E-state index contributed by atoms with van der Waals surface area (Å²) < 4.78 is 12.8. The number of hydrogen-bond acceptors (Lipinski definition) is 6. The molecule has 9 heteroatoms. The van der Waals surface area contributed by atoms with E-state index < -0.39 is 22.6 Å². The number of pyridine rings is 2. The van der Waals surface area contributed by atoms with E-state index in [1.165, 1.54) is 13.2 Å². The van der Waals surface area contributed by atoms with Crippen molar-refractivity contribution in [3.8, 4) is 5.75 Å². The summed E-state index contributed by atoms with van der Waals surface area (Å²) in [5.41, 5.74) is 1.47. The largest absolute Gasteiger partial charge is 0.487 e. The third-order valence-electron chi connectivity index (χ3n) is 7.00. The van der Waals surface area contributed by atoms with E-state index in [1.807, 2.05) is 45.9 Å². The number of fused-ring (bicyclic) bond motifs is 1. The lowest BCUT2D eigenvalue weighted by atomic mass is 9.79. The Morgan fingerprint density at radius 3 is 2.31 bits per heavy atom. The van der Waals surface area contributed by atoms with Gasteiger partial charge in [0.2, 0.25) is 5.78 Å². The summed E-state index contributed by atoms with van der Waals surface area (Å²) in [7, 11) is 1.31. The summed E-state index contributed by atoms with van der Waals surface area (Å²) >= 11 is 12.6. The third kappa shape index (κ3) is 6.37. The van der Waals surface area contributed by atoms with E-state index in [-0.39, 0.29) is 35.1 Å². The summed E-state index contributed by atoms with van der Waals surface area (Å²) in [5.74, 6) is -0.569. The van der Waals surface area contributed by atoms with Gasteiger partial charge in [-0.15, -0.1) is 0 Å². The molecule has 0 radical (unpaired) electrons. The average Bonchev–Trinajstić information content (AvgIpc) is 3.22. The Kier molecular flexibility index (Phi) is 8.86. The van der Waals surface area contributed by atoms with Crippen LogP contribution in [-0.2, 0) is 22.6 Å². The molecule has 220 valence electrons. The highest BCUT2D eigenvalue weighted by atomic mass is 35.5. The number of carbonyl (C=O) groups is 3. The maximum absolute atomic E-state index is 14.2. The number of rotatable bonds is 9. The molecule has 4 aromatic rings. The predicted octanol–water partition coefficient (Wildman–Crippen LogP) is 7.73. The van der Waals surface area contributed by atoms with Crippen LogP contribution in [-0.4, -0.2) is 34.0 Å². The van der Waals surface area contributed by atoms with Gasteiger partial charge in [0, 0.05) is 39.5 Å². The van der Waals surface area contributed by atoms with Crippen LogP contribution < -0.4 is 4.74 Å². The van der Waals surface area contributed by atoms with Crippen LogP contribution in [0, 0.1) is 17.8 Å². The molecule has 0 aliphatic carbocycles. The van der Waals surface area contributed by atoms with Crippen molar-refractivity contribution in [2.24, 2.45) is 10.8 Å². The summed E-state index contributed by atoms with van der Waals surface area (Å²) in [6.07, 6.45) is 1.76. The van der Waals surface area contributed by atoms with Crippen molar-refractivity contribution in [3.05, 3.63) is 98.5 Å². The Hall–Kier alpha value is -3.68. The molecule has 0 bridgehead atoms. The van der Waals surface area contributed by atoms with Gasteiger partial charge in [-0.25, -0.2) is 0 Å². The van der Waals surface area contributed by atoms with E-state index in [1.54, 1.807) is 48.7 Å². The third-order valence-corrected chi connectivity index (χ3v) is 7.55. The molecule has 0 fully saturated rings. The van der Waals surface area contributed by atoms with Crippen LogP contribution in [0.4, 0.5) is 0 Å². The minimum Gasteiger partial charge on any atom is -0.487 e. The maximum atomic E-state index is 14.2. The van der Waals surface area contributed by atoms with Crippen LogP contribution in [0.1, 0.15) is 78.0 Å². The molecule has 0 spiro atoms. The Bertz CT molecular complexity index is 1700. The number of halogens is 2. The smallest absolute Gasteiger partial charge is 0.311 e. The van der Waals surface area contributed by atoms with Crippen molar-refractivity contribution in [3.63, 3.8) is 0 Å². The Labute approximate surface area is 255 Å². The normalized spacial score (nSPS) is 11.9. The number of benzene rings is 1. The molecule has 0 saturated carbocycles. The zero-order valence-corrected chi connectivity index (χ0v) is 26.3. The molecule has 3 heterocycles. The van der Waals surface area contributed by atoms with Crippen molar-refractivity contribution >= 4 is 46.3 Å². The number of hydrogen-bond donors (Lipinski definition) is 0. The first-order valence-electron chi connectivity index (χ1n) is 13.5. The zero-order valence-electron chi connectivity index (χ0n) is 24.8. The number of carbonyl (C=O) groups excluding carboxylic acids is 3. The molecule has 0 N–H and O–H groups in total. The van der Waals surface area contributed by atoms with E-state index in [4.69, 9.17) is 32.7 Å². The quantitative estimate of drug-likeness (QED) is 0.143. The predicted molar refractivity (Wildman–Crippen MR) is 164 cm³/mol. The molecule has 42 heavy (non-hydrogen) atoms. The average molecular weight is 610 g/mol. The lowest BCUT2D eigenvalue weighted by Crippen LogP contribution is -2.30. The van der Waals surface area contributed by atoms with Crippen LogP contribution >= 0.6 is 23.2 Å². The van der Waals surface area contributed by atoms with Crippen LogP contribution in [0.5, 0.6) is 5.75 Å². The summed E-state index contributed by atoms with van der Waals surface area (Å²) in [4.78, 5) is 45.6. The zero-order chi connectivity index (χ0) is 31.0. The van der Waals surface area contributed by atoms with Gasteiger partial charge >= 0.3 is 5.97 Å². The number of methoxy groups -OCH3 is 1. The second-order valence-corrected chi connectivity index (χ2v) is 12.8. The monoisotopic (exact) mass is 608 g/mol. The number of ketones is 2. The Morgan fingerprint density at radius 1 is 0.976 bits per heavy atom. The molecular formula is C33H34Cl2N2O5.